The number of ether oxygens (including phenoxy) is 1. The molecular weight excluding hydrogens is 558 g/mol. The molecule has 0 spiro atoms. The van der Waals surface area contributed by atoms with Crippen LogP contribution in [0.5, 0.6) is 5.75 Å². The topological polar surface area (TPSA) is 121 Å². The zero-order valence-corrected chi connectivity index (χ0v) is 25.9. The number of pyridine rings is 2. The van der Waals surface area contributed by atoms with Crippen LogP contribution < -0.4 is 14.5 Å². The largest absolute Gasteiger partial charge is 0.494 e. The average Bonchev–Trinajstić information content (AvgIpc) is 3.53. The lowest BCUT2D eigenvalue weighted by Gasteiger charge is -2.39. The molecule has 1 aromatic carbocycles. The Morgan fingerprint density at radius 1 is 0.977 bits per heavy atom. The van der Waals surface area contributed by atoms with Crippen molar-refractivity contribution in [1.29, 1.82) is 0 Å². The molecule has 0 unspecified atom stereocenters. The molecule has 2 saturated heterocycles. The van der Waals surface area contributed by atoms with Gasteiger partial charge in [-0.3, -0.25) is 0 Å². The minimum absolute atomic E-state index is 0.200. The van der Waals surface area contributed by atoms with Gasteiger partial charge in [0, 0.05) is 61.3 Å². The van der Waals surface area contributed by atoms with Crippen molar-refractivity contribution in [3.8, 4) is 17.1 Å². The van der Waals surface area contributed by atoms with E-state index in [1.165, 1.54) is 0 Å². The molecule has 232 valence electrons. The fourth-order valence-electron chi connectivity index (χ4n) is 6.27. The molecule has 3 aromatic heterocycles. The van der Waals surface area contributed by atoms with Gasteiger partial charge in [-0.15, -0.1) is 0 Å². The summed E-state index contributed by atoms with van der Waals surface area (Å²) in [5.74, 6) is 4.42. The second kappa shape index (κ2) is 12.3. The zero-order valence-electron chi connectivity index (χ0n) is 25.9. The SMILES string of the molecule is COc1cccc2ccc(N3CCC(c4nc(-c5ccc(N6CCC(CN(C(=O)O)C(C)(C)C)CC6)nc5)no4)CC3)nc12. The first kappa shape index (κ1) is 29.7. The Balaban J connectivity index is 1.03. The highest BCUT2D eigenvalue weighted by molar-refractivity contribution is 5.86. The molecule has 1 N–H and O–H groups in total. The van der Waals surface area contributed by atoms with E-state index in [0.29, 0.717) is 24.2 Å². The van der Waals surface area contributed by atoms with Crippen LogP contribution in [-0.2, 0) is 0 Å². The highest BCUT2D eigenvalue weighted by Crippen LogP contribution is 2.33. The summed E-state index contributed by atoms with van der Waals surface area (Å²) in [5, 5.41) is 15.0. The summed E-state index contributed by atoms with van der Waals surface area (Å²) in [6, 6.07) is 14.1. The molecule has 11 heteroatoms. The number of nitrogens with zero attached hydrogens (tertiary/aromatic N) is 7. The van der Waals surface area contributed by atoms with Gasteiger partial charge in [-0.1, -0.05) is 17.3 Å². The molecule has 1 amide bonds. The maximum atomic E-state index is 11.7. The Bertz CT molecular complexity index is 1580. The normalized spacial score (nSPS) is 16.8. The van der Waals surface area contributed by atoms with Crippen LogP contribution in [0.3, 0.4) is 0 Å². The Labute approximate surface area is 257 Å². The summed E-state index contributed by atoms with van der Waals surface area (Å²) in [7, 11) is 1.68. The first-order chi connectivity index (χ1) is 21.2. The lowest BCUT2D eigenvalue weighted by Crippen LogP contribution is -2.49. The lowest BCUT2D eigenvalue weighted by molar-refractivity contribution is 0.0852. The van der Waals surface area contributed by atoms with E-state index in [2.05, 4.69) is 27.1 Å². The molecule has 2 aliphatic rings. The van der Waals surface area contributed by atoms with Gasteiger partial charge in [0.25, 0.3) is 0 Å². The monoisotopic (exact) mass is 599 g/mol. The maximum absolute atomic E-state index is 11.7. The Hall–Kier alpha value is -4.41. The Morgan fingerprint density at radius 3 is 2.34 bits per heavy atom. The summed E-state index contributed by atoms with van der Waals surface area (Å²) >= 11 is 0. The number of piperidine rings is 2. The highest BCUT2D eigenvalue weighted by Gasteiger charge is 2.31. The summed E-state index contributed by atoms with van der Waals surface area (Å²) < 4.78 is 11.2. The van der Waals surface area contributed by atoms with Crippen LogP contribution in [0.15, 0.2) is 53.2 Å². The summed E-state index contributed by atoms with van der Waals surface area (Å²) in [5.41, 5.74) is 1.30. The van der Waals surface area contributed by atoms with Crippen molar-refractivity contribution in [2.24, 2.45) is 5.92 Å². The zero-order chi connectivity index (χ0) is 30.8. The number of aromatic nitrogens is 4. The minimum atomic E-state index is -0.855. The van der Waals surface area contributed by atoms with Crippen LogP contribution in [0, 0.1) is 5.92 Å². The van der Waals surface area contributed by atoms with Crippen LogP contribution >= 0.6 is 0 Å². The summed E-state index contributed by atoms with van der Waals surface area (Å²) in [6.45, 7) is 9.80. The van der Waals surface area contributed by atoms with Gasteiger partial charge in [-0.2, -0.15) is 4.98 Å². The number of rotatable bonds is 7. The molecule has 2 aliphatic heterocycles. The van der Waals surface area contributed by atoms with Gasteiger partial charge in [0.2, 0.25) is 11.7 Å². The predicted molar refractivity (Wildman–Crippen MR) is 169 cm³/mol. The third kappa shape index (κ3) is 6.27. The molecule has 4 aromatic rings. The number of amides is 1. The van der Waals surface area contributed by atoms with E-state index in [4.69, 9.17) is 24.2 Å². The number of carboxylic acid groups (broad SMARTS) is 1. The molecular formula is C33H41N7O4. The molecule has 2 fully saturated rings. The van der Waals surface area contributed by atoms with Gasteiger partial charge in [0.15, 0.2) is 0 Å². The van der Waals surface area contributed by atoms with Crippen molar-refractivity contribution in [2.75, 3.05) is 49.6 Å². The second-order valence-electron chi connectivity index (χ2n) is 12.8. The van der Waals surface area contributed by atoms with Crippen LogP contribution in [0.25, 0.3) is 22.3 Å². The first-order valence-corrected chi connectivity index (χ1v) is 15.4. The van der Waals surface area contributed by atoms with Gasteiger partial charge in [0.05, 0.1) is 7.11 Å². The quantitative estimate of drug-likeness (QED) is 0.268. The lowest BCUT2D eigenvalue weighted by atomic mass is 9.94. The standard InChI is InChI=1S/C33H41N7O4/c1-33(2,3)40(32(41)42)21-22-12-16-38(17-13-22)27-10-9-25(20-34-27)30-36-31(44-37-30)24-14-18-39(19-15-24)28-11-8-23-6-5-7-26(43-4)29(23)35-28/h5-11,20,22,24H,12-19,21H2,1-4H3,(H,41,42). The molecule has 5 heterocycles. The number of carbonyl (C=O) groups is 1. The van der Waals surface area contributed by atoms with E-state index in [1.54, 1.807) is 12.0 Å². The van der Waals surface area contributed by atoms with Gasteiger partial charge in [-0.05, 0) is 82.7 Å². The summed E-state index contributed by atoms with van der Waals surface area (Å²) in [6.07, 6.45) is 4.63. The number of hydrogen-bond donors (Lipinski definition) is 1. The Morgan fingerprint density at radius 2 is 1.68 bits per heavy atom. The van der Waals surface area contributed by atoms with Crippen molar-refractivity contribution < 1.29 is 19.2 Å². The van der Waals surface area contributed by atoms with Crippen LogP contribution in [0.2, 0.25) is 0 Å². The Kier molecular flexibility index (Phi) is 8.29. The predicted octanol–water partition coefficient (Wildman–Crippen LogP) is 6.07. The molecule has 0 radical (unpaired) electrons. The molecule has 0 aliphatic carbocycles. The third-order valence-electron chi connectivity index (χ3n) is 8.92. The highest BCUT2D eigenvalue weighted by atomic mass is 16.5. The number of anilines is 2. The number of methoxy groups -OCH3 is 1. The van der Waals surface area contributed by atoms with Crippen molar-refractivity contribution in [2.45, 2.75) is 57.9 Å². The second-order valence-corrected chi connectivity index (χ2v) is 12.8. The van der Waals surface area contributed by atoms with Gasteiger partial charge in [0.1, 0.15) is 22.9 Å². The first-order valence-electron chi connectivity index (χ1n) is 15.4. The summed E-state index contributed by atoms with van der Waals surface area (Å²) in [4.78, 5) is 32.2. The number of fused-ring (bicyclic) bond motifs is 1. The molecule has 0 bridgehead atoms. The number of hydrogen-bond acceptors (Lipinski definition) is 9. The van der Waals surface area contributed by atoms with E-state index >= 15 is 0 Å². The fraction of sp³-hybridized carbons (Fsp3) is 0.485. The van der Waals surface area contributed by atoms with Crippen molar-refractivity contribution >= 4 is 28.6 Å². The van der Waals surface area contributed by atoms with Crippen molar-refractivity contribution in [3.63, 3.8) is 0 Å². The average molecular weight is 600 g/mol. The van der Waals surface area contributed by atoms with E-state index in [1.807, 2.05) is 57.3 Å². The third-order valence-corrected chi connectivity index (χ3v) is 8.92. The van der Waals surface area contributed by atoms with E-state index < -0.39 is 11.6 Å². The van der Waals surface area contributed by atoms with Gasteiger partial charge in [-0.25, -0.2) is 14.8 Å². The molecule has 6 rings (SSSR count). The fourth-order valence-corrected chi connectivity index (χ4v) is 6.27. The van der Waals surface area contributed by atoms with Crippen LogP contribution in [-0.4, -0.2) is 81.6 Å². The van der Waals surface area contributed by atoms with E-state index in [0.717, 1.165) is 85.7 Å². The van der Waals surface area contributed by atoms with Gasteiger partial charge >= 0.3 is 6.09 Å². The van der Waals surface area contributed by atoms with Crippen molar-refractivity contribution in [1.82, 2.24) is 25.0 Å². The van der Waals surface area contributed by atoms with Gasteiger partial charge < -0.3 is 29.1 Å². The van der Waals surface area contributed by atoms with Crippen LogP contribution in [0.1, 0.15) is 58.3 Å². The molecule has 0 saturated carbocycles. The molecule has 0 atom stereocenters. The molecule has 11 nitrogen and oxygen atoms in total. The van der Waals surface area contributed by atoms with Crippen molar-refractivity contribution in [3.05, 3.63) is 54.6 Å². The minimum Gasteiger partial charge on any atom is -0.494 e. The smallest absolute Gasteiger partial charge is 0.407 e. The number of para-hydroxylation sites is 1. The molecule has 44 heavy (non-hydrogen) atoms. The number of benzene rings is 1. The van der Waals surface area contributed by atoms with E-state index in [-0.39, 0.29) is 5.92 Å². The van der Waals surface area contributed by atoms with Crippen LogP contribution in [0.4, 0.5) is 16.4 Å². The van der Waals surface area contributed by atoms with E-state index in [9.17, 15) is 9.90 Å². The maximum Gasteiger partial charge on any atom is 0.407 e.